The fourth-order valence-electron chi connectivity index (χ4n) is 1.63. The van der Waals surface area contributed by atoms with Crippen LogP contribution >= 0.6 is 0 Å². The van der Waals surface area contributed by atoms with Gasteiger partial charge >= 0.3 is 0 Å². The summed E-state index contributed by atoms with van der Waals surface area (Å²) in [5.74, 6) is 0.0294. The summed E-state index contributed by atoms with van der Waals surface area (Å²) in [7, 11) is 0. The predicted octanol–water partition coefficient (Wildman–Crippen LogP) is 3.13. The molecule has 1 aromatic heterocycles. The van der Waals surface area contributed by atoms with Crippen molar-refractivity contribution in [2.75, 3.05) is 0 Å². The molecule has 1 aromatic carbocycles. The van der Waals surface area contributed by atoms with E-state index in [1.54, 1.807) is 49.4 Å². The zero-order valence-electron chi connectivity index (χ0n) is 10.8. The zero-order chi connectivity index (χ0) is 13.8. The van der Waals surface area contributed by atoms with E-state index in [9.17, 15) is 9.90 Å². The molecule has 0 aliphatic rings. The summed E-state index contributed by atoms with van der Waals surface area (Å²) in [6.45, 7) is 3.26. The molecule has 4 heteroatoms. The number of phenols is 1. The van der Waals surface area contributed by atoms with E-state index in [2.05, 4.69) is 9.98 Å². The minimum Gasteiger partial charge on any atom is -0.506 e. The average molecular weight is 254 g/mol. The van der Waals surface area contributed by atoms with Crippen LogP contribution in [0.1, 0.15) is 30.0 Å². The molecule has 0 fully saturated rings. The Hall–Kier alpha value is -2.49. The number of carbonyl (C=O) groups excluding carboxylic acids is 1. The Bertz CT molecular complexity index is 648. The van der Waals surface area contributed by atoms with Crippen molar-refractivity contribution in [1.82, 2.24) is 4.98 Å². The first-order valence-electron chi connectivity index (χ1n) is 5.89. The molecule has 2 aromatic rings. The van der Waals surface area contributed by atoms with Gasteiger partial charge in [-0.25, -0.2) is 9.98 Å². The van der Waals surface area contributed by atoms with E-state index >= 15 is 0 Å². The highest BCUT2D eigenvalue weighted by Gasteiger charge is 2.05. The lowest BCUT2D eigenvalue weighted by Gasteiger charge is -2.03. The normalized spacial score (nSPS) is 11.4. The standard InChI is InChI=1S/C15H14N2O2/c1-10(16-14-6-3-4-9-15(14)19)12-7-5-8-13(17-12)11(2)18/h3-9,19H,1-2H3. The molecule has 0 aliphatic carbocycles. The van der Waals surface area contributed by atoms with E-state index in [0.717, 1.165) is 0 Å². The molecule has 0 unspecified atom stereocenters. The summed E-state index contributed by atoms with van der Waals surface area (Å²) < 4.78 is 0. The first-order chi connectivity index (χ1) is 9.08. The van der Waals surface area contributed by atoms with Crippen molar-refractivity contribution < 1.29 is 9.90 Å². The zero-order valence-corrected chi connectivity index (χ0v) is 10.8. The van der Waals surface area contributed by atoms with Gasteiger partial charge in [-0.1, -0.05) is 18.2 Å². The van der Waals surface area contributed by atoms with Gasteiger partial charge in [0.2, 0.25) is 0 Å². The van der Waals surface area contributed by atoms with Gasteiger partial charge in [-0.2, -0.15) is 0 Å². The highest BCUT2D eigenvalue weighted by Crippen LogP contribution is 2.25. The Morgan fingerprint density at radius 2 is 1.74 bits per heavy atom. The quantitative estimate of drug-likeness (QED) is 0.676. The molecule has 0 aliphatic heterocycles. The topological polar surface area (TPSA) is 62.5 Å². The third-order valence-electron chi connectivity index (χ3n) is 2.65. The molecule has 0 spiro atoms. The third kappa shape index (κ3) is 3.04. The van der Waals surface area contributed by atoms with Gasteiger partial charge in [0, 0.05) is 6.92 Å². The highest BCUT2D eigenvalue weighted by atomic mass is 16.3. The number of para-hydroxylation sites is 2. The van der Waals surface area contributed by atoms with Crippen LogP contribution in [0.25, 0.3) is 0 Å². The number of ketones is 1. The fourth-order valence-corrected chi connectivity index (χ4v) is 1.63. The lowest BCUT2D eigenvalue weighted by molar-refractivity contribution is 0.101. The van der Waals surface area contributed by atoms with Crippen molar-refractivity contribution in [3.63, 3.8) is 0 Å². The number of pyridine rings is 1. The Morgan fingerprint density at radius 1 is 1.05 bits per heavy atom. The number of carbonyl (C=O) groups is 1. The second-order valence-corrected chi connectivity index (χ2v) is 4.15. The molecule has 96 valence electrons. The molecule has 0 saturated carbocycles. The van der Waals surface area contributed by atoms with Gasteiger partial charge in [-0.15, -0.1) is 0 Å². The summed E-state index contributed by atoms with van der Waals surface area (Å²) >= 11 is 0. The van der Waals surface area contributed by atoms with Crippen LogP contribution in [0.2, 0.25) is 0 Å². The van der Waals surface area contributed by atoms with Crippen LogP contribution in [0.3, 0.4) is 0 Å². The largest absolute Gasteiger partial charge is 0.506 e. The molecular formula is C15H14N2O2. The van der Waals surface area contributed by atoms with Crippen LogP contribution < -0.4 is 0 Å². The summed E-state index contributed by atoms with van der Waals surface area (Å²) in [5.41, 5.74) is 2.15. The van der Waals surface area contributed by atoms with Crippen LogP contribution in [0.4, 0.5) is 5.69 Å². The highest BCUT2D eigenvalue weighted by molar-refractivity contribution is 6.00. The van der Waals surface area contributed by atoms with Crippen molar-refractivity contribution in [3.05, 3.63) is 53.9 Å². The lowest BCUT2D eigenvalue weighted by Crippen LogP contribution is -2.04. The first-order valence-corrected chi connectivity index (χ1v) is 5.89. The minimum atomic E-state index is -0.0859. The molecular weight excluding hydrogens is 240 g/mol. The smallest absolute Gasteiger partial charge is 0.178 e. The molecule has 1 N–H and O–H groups in total. The Balaban J connectivity index is 2.39. The van der Waals surface area contributed by atoms with Crippen LogP contribution in [0, 0.1) is 0 Å². The van der Waals surface area contributed by atoms with E-state index in [1.165, 1.54) is 6.92 Å². The van der Waals surface area contributed by atoms with Gasteiger partial charge in [0.1, 0.15) is 17.1 Å². The van der Waals surface area contributed by atoms with Crippen LogP contribution in [0.15, 0.2) is 47.5 Å². The van der Waals surface area contributed by atoms with Crippen LogP contribution in [-0.2, 0) is 0 Å². The number of hydrogen-bond acceptors (Lipinski definition) is 4. The molecule has 0 amide bonds. The molecule has 2 rings (SSSR count). The maximum atomic E-state index is 11.3. The lowest BCUT2D eigenvalue weighted by atomic mass is 10.2. The number of rotatable bonds is 3. The van der Waals surface area contributed by atoms with Gasteiger partial charge < -0.3 is 5.11 Å². The number of benzene rings is 1. The number of aliphatic imine (C=N–C) groups is 1. The molecule has 0 atom stereocenters. The van der Waals surface area contributed by atoms with Gasteiger partial charge in [-0.05, 0) is 31.2 Å². The second-order valence-electron chi connectivity index (χ2n) is 4.15. The molecule has 19 heavy (non-hydrogen) atoms. The average Bonchev–Trinajstić information content (AvgIpc) is 2.41. The summed E-state index contributed by atoms with van der Waals surface area (Å²) in [6.07, 6.45) is 0. The van der Waals surface area contributed by atoms with Gasteiger partial charge in [0.05, 0.1) is 11.4 Å². The molecule has 0 saturated heterocycles. The van der Waals surface area contributed by atoms with E-state index in [0.29, 0.717) is 22.8 Å². The maximum Gasteiger partial charge on any atom is 0.178 e. The molecule has 1 heterocycles. The number of aromatic hydroxyl groups is 1. The van der Waals surface area contributed by atoms with Crippen molar-refractivity contribution in [2.24, 2.45) is 4.99 Å². The van der Waals surface area contributed by atoms with Crippen molar-refractivity contribution in [3.8, 4) is 5.75 Å². The van der Waals surface area contributed by atoms with Crippen LogP contribution in [0.5, 0.6) is 5.75 Å². The monoisotopic (exact) mass is 254 g/mol. The van der Waals surface area contributed by atoms with E-state index in [4.69, 9.17) is 0 Å². The second kappa shape index (κ2) is 5.44. The number of Topliss-reactive ketones (excluding diaryl/α,β-unsaturated/α-hetero) is 1. The summed E-state index contributed by atoms with van der Waals surface area (Å²) in [6, 6.07) is 12.0. The van der Waals surface area contributed by atoms with Gasteiger partial charge in [0.25, 0.3) is 0 Å². The van der Waals surface area contributed by atoms with Crippen molar-refractivity contribution >= 4 is 17.2 Å². The third-order valence-corrected chi connectivity index (χ3v) is 2.65. The van der Waals surface area contributed by atoms with Crippen LogP contribution in [-0.4, -0.2) is 21.6 Å². The first kappa shape index (κ1) is 13.0. The summed E-state index contributed by atoms with van der Waals surface area (Å²) in [5, 5.41) is 9.67. The van der Waals surface area contributed by atoms with E-state index in [1.807, 2.05) is 0 Å². The Kier molecular flexibility index (Phi) is 3.71. The van der Waals surface area contributed by atoms with E-state index in [-0.39, 0.29) is 11.5 Å². The predicted molar refractivity (Wildman–Crippen MR) is 74.2 cm³/mol. The van der Waals surface area contributed by atoms with Gasteiger partial charge in [0.15, 0.2) is 5.78 Å². The minimum absolute atomic E-state index is 0.0859. The number of nitrogens with zero attached hydrogens (tertiary/aromatic N) is 2. The fraction of sp³-hybridized carbons (Fsp3) is 0.133. The van der Waals surface area contributed by atoms with Gasteiger partial charge in [-0.3, -0.25) is 4.79 Å². The van der Waals surface area contributed by atoms with Crippen molar-refractivity contribution in [2.45, 2.75) is 13.8 Å². The molecule has 0 bridgehead atoms. The number of phenolic OH excluding ortho intramolecular Hbond substituents is 1. The molecule has 0 radical (unpaired) electrons. The maximum absolute atomic E-state index is 11.3. The molecule has 4 nitrogen and oxygen atoms in total. The van der Waals surface area contributed by atoms with E-state index < -0.39 is 0 Å². The number of hydrogen-bond donors (Lipinski definition) is 1. The number of aromatic nitrogens is 1. The SMILES string of the molecule is CC(=O)c1cccc(C(C)=Nc2ccccc2O)n1. The Labute approximate surface area is 111 Å². The summed E-state index contributed by atoms with van der Waals surface area (Å²) in [4.78, 5) is 19.8. The Morgan fingerprint density at radius 3 is 2.42 bits per heavy atom. The van der Waals surface area contributed by atoms with Crippen molar-refractivity contribution in [1.29, 1.82) is 0 Å².